The summed E-state index contributed by atoms with van der Waals surface area (Å²) >= 11 is 1.87. The summed E-state index contributed by atoms with van der Waals surface area (Å²) in [5.74, 6) is 1.61. The first kappa shape index (κ1) is 22.2. The van der Waals surface area contributed by atoms with E-state index in [0.29, 0.717) is 5.92 Å². The molecule has 0 saturated heterocycles. The van der Waals surface area contributed by atoms with Crippen LogP contribution in [-0.4, -0.2) is 12.4 Å². The minimum Gasteiger partial charge on any atom is -0.339 e. The number of para-hydroxylation sites is 1. The predicted molar refractivity (Wildman–Crippen MR) is 151 cm³/mol. The van der Waals surface area contributed by atoms with Crippen molar-refractivity contribution in [1.82, 2.24) is 0 Å². The van der Waals surface area contributed by atoms with Crippen LogP contribution in [0.5, 0.6) is 0 Å². The van der Waals surface area contributed by atoms with Gasteiger partial charge in [0, 0.05) is 33.0 Å². The molecule has 1 unspecified atom stereocenters. The topological polar surface area (TPSA) is 27.6 Å². The van der Waals surface area contributed by atoms with E-state index in [4.69, 9.17) is 4.99 Å². The Morgan fingerprint density at radius 2 is 1.71 bits per heavy atom. The van der Waals surface area contributed by atoms with Crippen LogP contribution in [0, 0.1) is 5.92 Å². The number of hydrogen-bond acceptors (Lipinski definition) is 4. The summed E-state index contributed by atoms with van der Waals surface area (Å²) in [6, 6.07) is 28.4. The van der Waals surface area contributed by atoms with Gasteiger partial charge in [0.2, 0.25) is 0 Å². The second kappa shape index (κ2) is 9.43. The van der Waals surface area contributed by atoms with Crippen LogP contribution in [0.3, 0.4) is 0 Å². The Hall–Kier alpha value is -3.24. The Morgan fingerprint density at radius 3 is 2.57 bits per heavy atom. The van der Waals surface area contributed by atoms with Gasteiger partial charge in [-0.15, -0.1) is 0 Å². The van der Waals surface area contributed by atoms with Crippen LogP contribution >= 0.6 is 11.8 Å². The van der Waals surface area contributed by atoms with Crippen LogP contribution in [0.25, 0.3) is 10.8 Å². The van der Waals surface area contributed by atoms with E-state index in [0.717, 1.165) is 29.3 Å². The number of fused-ring (bicyclic) bond motifs is 2. The molecule has 4 heteroatoms. The molecule has 4 aromatic carbocycles. The van der Waals surface area contributed by atoms with Crippen molar-refractivity contribution in [3.8, 4) is 0 Å². The van der Waals surface area contributed by atoms with E-state index in [1.807, 2.05) is 11.8 Å². The Balaban J connectivity index is 1.38. The molecule has 176 valence electrons. The third-order valence-corrected chi connectivity index (χ3v) is 8.36. The highest BCUT2D eigenvalue weighted by Gasteiger charge is 2.26. The molecule has 0 saturated carbocycles. The summed E-state index contributed by atoms with van der Waals surface area (Å²) in [4.78, 5) is 10.2. The summed E-state index contributed by atoms with van der Waals surface area (Å²) in [6.07, 6.45) is 5.06. The highest BCUT2D eigenvalue weighted by atomic mass is 32.2. The maximum atomic E-state index is 5.02. The smallest absolute Gasteiger partial charge is 0.138 e. The molecule has 2 heterocycles. The summed E-state index contributed by atoms with van der Waals surface area (Å²) in [7, 11) is 0. The van der Waals surface area contributed by atoms with Gasteiger partial charge >= 0.3 is 0 Å². The molecule has 1 N–H and O–H groups in total. The standard InChI is InChI=1S/C31H31N3S/c1-3-5-10-21(4-2)20-34-26-15-6-7-16-28(26)35-29-19-23(17-18-27(29)34)31-32-24-13-8-11-22-12-9-14-25(33-31)30(22)24/h6-9,11-19,21H,3-5,10,20H2,1-2H3,(H,32,33). The molecule has 2 aliphatic heterocycles. The van der Waals surface area contributed by atoms with E-state index >= 15 is 0 Å². The first-order chi connectivity index (χ1) is 17.2. The first-order valence-corrected chi connectivity index (χ1v) is 13.6. The molecule has 1 atom stereocenters. The molecule has 0 bridgehead atoms. The monoisotopic (exact) mass is 477 g/mol. The molecular formula is C31H31N3S. The highest BCUT2D eigenvalue weighted by Crippen LogP contribution is 2.49. The van der Waals surface area contributed by atoms with Gasteiger partial charge in [0.1, 0.15) is 5.84 Å². The number of benzene rings is 4. The minimum absolute atomic E-state index is 0.694. The zero-order valence-electron chi connectivity index (χ0n) is 20.4. The number of nitrogens with one attached hydrogen (secondary N) is 1. The second-order valence-electron chi connectivity index (χ2n) is 9.55. The lowest BCUT2D eigenvalue weighted by Gasteiger charge is -2.35. The van der Waals surface area contributed by atoms with Crippen LogP contribution in [0.1, 0.15) is 45.1 Å². The van der Waals surface area contributed by atoms with Crippen molar-refractivity contribution in [1.29, 1.82) is 0 Å². The average molecular weight is 478 g/mol. The summed E-state index contributed by atoms with van der Waals surface area (Å²) in [6.45, 7) is 5.69. The van der Waals surface area contributed by atoms with Crippen molar-refractivity contribution in [3.05, 3.63) is 84.4 Å². The lowest BCUT2D eigenvalue weighted by molar-refractivity contribution is 0.457. The van der Waals surface area contributed by atoms with Crippen LogP contribution < -0.4 is 10.2 Å². The van der Waals surface area contributed by atoms with Crippen LogP contribution in [-0.2, 0) is 0 Å². The molecule has 2 aliphatic rings. The molecule has 0 aliphatic carbocycles. The molecule has 0 aromatic heterocycles. The molecule has 0 spiro atoms. The van der Waals surface area contributed by atoms with Gasteiger partial charge in [0.05, 0.1) is 17.1 Å². The third kappa shape index (κ3) is 4.10. The zero-order valence-corrected chi connectivity index (χ0v) is 21.2. The average Bonchev–Trinajstić information content (AvgIpc) is 2.90. The fourth-order valence-corrected chi connectivity index (χ4v) is 6.42. The Bertz CT molecular complexity index is 1420. The van der Waals surface area contributed by atoms with Gasteiger partial charge in [-0.05, 0) is 60.2 Å². The Kier molecular flexibility index (Phi) is 5.99. The van der Waals surface area contributed by atoms with Gasteiger partial charge in [0.15, 0.2) is 0 Å². The quantitative estimate of drug-likeness (QED) is 0.287. The fourth-order valence-electron chi connectivity index (χ4n) is 5.28. The molecule has 4 aromatic rings. The van der Waals surface area contributed by atoms with Gasteiger partial charge in [-0.3, -0.25) is 0 Å². The summed E-state index contributed by atoms with van der Waals surface area (Å²) < 4.78 is 0. The molecule has 0 amide bonds. The lowest BCUT2D eigenvalue weighted by atomic mass is 9.98. The number of hydrogen-bond donors (Lipinski definition) is 1. The molecule has 6 rings (SSSR count). The van der Waals surface area contributed by atoms with Crippen LogP contribution in [0.4, 0.5) is 22.7 Å². The number of rotatable bonds is 7. The van der Waals surface area contributed by atoms with Crippen molar-refractivity contribution < 1.29 is 0 Å². The molecule has 0 radical (unpaired) electrons. The number of anilines is 3. The number of unbranched alkanes of at least 4 members (excludes halogenated alkanes) is 1. The number of aliphatic imine (C=N–C) groups is 1. The normalized spacial score (nSPS) is 14.7. The summed E-state index contributed by atoms with van der Waals surface area (Å²) in [5.41, 5.74) is 5.93. The van der Waals surface area contributed by atoms with Crippen molar-refractivity contribution in [2.75, 3.05) is 16.8 Å². The zero-order chi connectivity index (χ0) is 23.8. The predicted octanol–water partition coefficient (Wildman–Crippen LogP) is 9.16. The van der Waals surface area contributed by atoms with E-state index in [-0.39, 0.29) is 0 Å². The fraction of sp³-hybridized carbons (Fsp3) is 0.258. The molecular weight excluding hydrogens is 446 g/mol. The van der Waals surface area contributed by atoms with Gasteiger partial charge in [0.25, 0.3) is 0 Å². The molecule has 0 fully saturated rings. The molecule has 35 heavy (non-hydrogen) atoms. The lowest BCUT2D eigenvalue weighted by Crippen LogP contribution is -2.27. The van der Waals surface area contributed by atoms with E-state index in [1.54, 1.807) is 0 Å². The largest absolute Gasteiger partial charge is 0.339 e. The van der Waals surface area contributed by atoms with E-state index in [2.05, 4.69) is 103 Å². The SMILES string of the molecule is CCCCC(CC)CN1c2ccccc2Sc2cc(C3=Nc4cccc5cccc(c45)N3)ccc21. The van der Waals surface area contributed by atoms with Gasteiger partial charge in [-0.1, -0.05) is 81.3 Å². The van der Waals surface area contributed by atoms with Gasteiger partial charge in [-0.25, -0.2) is 4.99 Å². The van der Waals surface area contributed by atoms with Gasteiger partial charge in [-0.2, -0.15) is 0 Å². The van der Waals surface area contributed by atoms with E-state index in [9.17, 15) is 0 Å². The summed E-state index contributed by atoms with van der Waals surface area (Å²) in [5, 5.41) is 6.02. The van der Waals surface area contributed by atoms with E-state index in [1.165, 1.54) is 57.6 Å². The van der Waals surface area contributed by atoms with Crippen LogP contribution in [0.2, 0.25) is 0 Å². The van der Waals surface area contributed by atoms with Crippen molar-refractivity contribution in [2.24, 2.45) is 10.9 Å². The third-order valence-electron chi connectivity index (χ3n) is 7.25. The van der Waals surface area contributed by atoms with Crippen molar-refractivity contribution >= 4 is 51.1 Å². The number of amidine groups is 1. The maximum Gasteiger partial charge on any atom is 0.138 e. The van der Waals surface area contributed by atoms with Gasteiger partial charge < -0.3 is 10.2 Å². The highest BCUT2D eigenvalue weighted by molar-refractivity contribution is 7.99. The van der Waals surface area contributed by atoms with Crippen molar-refractivity contribution in [2.45, 2.75) is 49.3 Å². The number of nitrogens with zero attached hydrogens (tertiary/aromatic N) is 2. The minimum atomic E-state index is 0.694. The second-order valence-corrected chi connectivity index (χ2v) is 10.6. The maximum absolute atomic E-state index is 5.02. The first-order valence-electron chi connectivity index (χ1n) is 12.8. The Labute approximate surface area is 212 Å². The molecule has 3 nitrogen and oxygen atoms in total. The Morgan fingerprint density at radius 1 is 0.886 bits per heavy atom. The van der Waals surface area contributed by atoms with Crippen LogP contribution in [0.15, 0.2) is 93.6 Å². The van der Waals surface area contributed by atoms with Crippen molar-refractivity contribution in [3.63, 3.8) is 0 Å². The van der Waals surface area contributed by atoms with E-state index < -0.39 is 0 Å².